The lowest BCUT2D eigenvalue weighted by Gasteiger charge is -2.22. The van der Waals surface area contributed by atoms with Crippen LogP contribution in [0.5, 0.6) is 0 Å². The maximum atomic E-state index is 11.9. The summed E-state index contributed by atoms with van der Waals surface area (Å²) in [6.07, 6.45) is 0.0544. The maximum Gasteiger partial charge on any atom is 0.323 e. The number of ether oxygens (including phenoxy) is 1. The van der Waals surface area contributed by atoms with Crippen LogP contribution in [0, 0.1) is 12.3 Å². The first-order chi connectivity index (χ1) is 9.88. The molecule has 1 N–H and O–H groups in total. The average molecular weight is 287 g/mol. The van der Waals surface area contributed by atoms with E-state index in [0.717, 1.165) is 22.2 Å². The number of rotatable bonds is 4. The van der Waals surface area contributed by atoms with Gasteiger partial charge in [0.15, 0.2) is 5.41 Å². The van der Waals surface area contributed by atoms with E-state index in [0.29, 0.717) is 0 Å². The molecule has 21 heavy (non-hydrogen) atoms. The number of esters is 1. The van der Waals surface area contributed by atoms with E-state index in [2.05, 4.69) is 9.72 Å². The Kier molecular flexibility index (Phi) is 3.93. The van der Waals surface area contributed by atoms with Crippen LogP contribution in [0.2, 0.25) is 0 Å². The number of methoxy groups -OCH3 is 1. The standard InChI is InChI=1S/C16H17NO4/c1-10-8-11(12-6-4-5-7-13(12)17-10)9-16(2,14(18)19)15(20)21-3/h4-8H,9H2,1-3H3,(H,18,19). The van der Waals surface area contributed by atoms with Crippen molar-refractivity contribution in [1.82, 2.24) is 4.98 Å². The van der Waals surface area contributed by atoms with E-state index in [1.54, 1.807) is 0 Å². The third kappa shape index (κ3) is 2.72. The fourth-order valence-corrected chi connectivity index (χ4v) is 2.38. The quantitative estimate of drug-likeness (QED) is 0.690. The van der Waals surface area contributed by atoms with Crippen molar-refractivity contribution in [3.63, 3.8) is 0 Å². The van der Waals surface area contributed by atoms with E-state index >= 15 is 0 Å². The Morgan fingerprint density at radius 1 is 1.33 bits per heavy atom. The number of aryl methyl sites for hydroxylation is 1. The van der Waals surface area contributed by atoms with E-state index in [1.165, 1.54) is 14.0 Å². The summed E-state index contributed by atoms with van der Waals surface area (Å²) in [5, 5.41) is 10.3. The van der Waals surface area contributed by atoms with Gasteiger partial charge in [0.25, 0.3) is 0 Å². The lowest BCUT2D eigenvalue weighted by atomic mass is 9.82. The van der Waals surface area contributed by atoms with Gasteiger partial charge >= 0.3 is 11.9 Å². The second-order valence-electron chi connectivity index (χ2n) is 5.25. The molecule has 2 rings (SSSR count). The fourth-order valence-electron chi connectivity index (χ4n) is 2.38. The van der Waals surface area contributed by atoms with Crippen LogP contribution in [0.25, 0.3) is 10.9 Å². The molecule has 5 heteroatoms. The Morgan fingerprint density at radius 3 is 2.62 bits per heavy atom. The van der Waals surface area contributed by atoms with E-state index in [4.69, 9.17) is 0 Å². The summed E-state index contributed by atoms with van der Waals surface area (Å²) in [4.78, 5) is 27.8. The van der Waals surface area contributed by atoms with Gasteiger partial charge in [-0.3, -0.25) is 14.6 Å². The molecule has 1 atom stereocenters. The van der Waals surface area contributed by atoms with Gasteiger partial charge < -0.3 is 9.84 Å². The smallest absolute Gasteiger partial charge is 0.323 e. The largest absolute Gasteiger partial charge is 0.480 e. The topological polar surface area (TPSA) is 76.5 Å². The molecule has 0 saturated heterocycles. The summed E-state index contributed by atoms with van der Waals surface area (Å²) in [6, 6.07) is 9.28. The SMILES string of the molecule is COC(=O)C(C)(Cc1cc(C)nc2ccccc12)C(=O)O. The molecule has 1 unspecified atom stereocenters. The van der Waals surface area contributed by atoms with Gasteiger partial charge in [-0.25, -0.2) is 0 Å². The highest BCUT2D eigenvalue weighted by Gasteiger charge is 2.43. The zero-order valence-electron chi connectivity index (χ0n) is 12.2. The first kappa shape index (κ1) is 15.0. The Morgan fingerprint density at radius 2 is 2.00 bits per heavy atom. The van der Waals surface area contributed by atoms with E-state index in [9.17, 15) is 14.7 Å². The maximum absolute atomic E-state index is 11.9. The molecule has 2 aromatic rings. The molecular weight excluding hydrogens is 270 g/mol. The van der Waals surface area contributed by atoms with Gasteiger partial charge in [0.2, 0.25) is 0 Å². The molecule has 1 heterocycles. The molecular formula is C16H17NO4. The molecule has 0 spiro atoms. The van der Waals surface area contributed by atoms with Crippen molar-refractivity contribution in [2.75, 3.05) is 7.11 Å². The number of aliphatic carboxylic acids is 1. The minimum absolute atomic E-state index is 0.0544. The van der Waals surface area contributed by atoms with Gasteiger partial charge in [-0.15, -0.1) is 0 Å². The molecule has 0 bridgehead atoms. The van der Waals surface area contributed by atoms with Crippen LogP contribution < -0.4 is 0 Å². The van der Waals surface area contributed by atoms with Crippen LogP contribution in [0.3, 0.4) is 0 Å². The van der Waals surface area contributed by atoms with Crippen LogP contribution in [0.4, 0.5) is 0 Å². The van der Waals surface area contributed by atoms with Gasteiger partial charge in [-0.05, 0) is 38.0 Å². The number of para-hydroxylation sites is 1. The molecule has 5 nitrogen and oxygen atoms in total. The zero-order valence-corrected chi connectivity index (χ0v) is 12.2. The number of carboxylic acids is 1. The Labute approximate surface area is 122 Å². The van der Waals surface area contributed by atoms with Gasteiger partial charge in [-0.1, -0.05) is 18.2 Å². The van der Waals surface area contributed by atoms with Crippen molar-refractivity contribution in [3.8, 4) is 0 Å². The van der Waals surface area contributed by atoms with Crippen molar-refractivity contribution >= 4 is 22.8 Å². The van der Waals surface area contributed by atoms with Crippen molar-refractivity contribution in [2.24, 2.45) is 5.41 Å². The monoisotopic (exact) mass is 287 g/mol. The number of carbonyl (C=O) groups is 2. The lowest BCUT2D eigenvalue weighted by Crippen LogP contribution is -2.39. The molecule has 0 saturated carbocycles. The number of carboxylic acid groups (broad SMARTS) is 1. The Balaban J connectivity index is 2.56. The molecule has 0 fully saturated rings. The van der Waals surface area contributed by atoms with Gasteiger partial charge in [0, 0.05) is 11.1 Å². The summed E-state index contributed by atoms with van der Waals surface area (Å²) in [7, 11) is 1.19. The number of hydrogen-bond acceptors (Lipinski definition) is 4. The third-order valence-electron chi connectivity index (χ3n) is 3.58. The van der Waals surface area contributed by atoms with Gasteiger partial charge in [0.05, 0.1) is 12.6 Å². The highest BCUT2D eigenvalue weighted by molar-refractivity contribution is 5.99. The highest BCUT2D eigenvalue weighted by Crippen LogP contribution is 2.29. The summed E-state index contributed by atoms with van der Waals surface area (Å²) >= 11 is 0. The molecule has 0 amide bonds. The minimum Gasteiger partial charge on any atom is -0.480 e. The van der Waals surface area contributed by atoms with E-state index < -0.39 is 17.4 Å². The highest BCUT2D eigenvalue weighted by atomic mass is 16.5. The predicted molar refractivity (Wildman–Crippen MR) is 77.9 cm³/mol. The van der Waals surface area contributed by atoms with Crippen molar-refractivity contribution in [2.45, 2.75) is 20.3 Å². The molecule has 1 aromatic heterocycles. The molecule has 0 aliphatic rings. The number of nitrogens with zero attached hydrogens (tertiary/aromatic N) is 1. The molecule has 0 radical (unpaired) electrons. The third-order valence-corrected chi connectivity index (χ3v) is 3.58. The number of carbonyl (C=O) groups excluding carboxylic acids is 1. The predicted octanol–water partition coefficient (Wildman–Crippen LogP) is 2.35. The number of hydrogen-bond donors (Lipinski definition) is 1. The lowest BCUT2D eigenvalue weighted by molar-refractivity contribution is -0.165. The molecule has 110 valence electrons. The first-order valence-corrected chi connectivity index (χ1v) is 6.55. The zero-order chi connectivity index (χ0) is 15.6. The summed E-state index contributed by atoms with van der Waals surface area (Å²) in [6.45, 7) is 3.22. The number of fused-ring (bicyclic) bond motifs is 1. The fraction of sp³-hybridized carbons (Fsp3) is 0.312. The van der Waals surface area contributed by atoms with E-state index in [1.807, 2.05) is 37.3 Å². The average Bonchev–Trinajstić information content (AvgIpc) is 2.45. The number of aromatic nitrogens is 1. The summed E-state index contributed by atoms with van der Waals surface area (Å²) in [5.74, 6) is -1.96. The number of benzene rings is 1. The van der Waals surface area contributed by atoms with Crippen LogP contribution in [0.15, 0.2) is 30.3 Å². The molecule has 0 aliphatic heterocycles. The molecule has 0 aliphatic carbocycles. The van der Waals surface area contributed by atoms with Gasteiger partial charge in [-0.2, -0.15) is 0 Å². The van der Waals surface area contributed by atoms with Crippen LogP contribution in [-0.4, -0.2) is 29.1 Å². The Bertz CT molecular complexity index is 710. The Hall–Kier alpha value is -2.43. The minimum atomic E-state index is -1.62. The normalized spacial score (nSPS) is 13.7. The van der Waals surface area contributed by atoms with Crippen LogP contribution in [0.1, 0.15) is 18.2 Å². The van der Waals surface area contributed by atoms with E-state index in [-0.39, 0.29) is 6.42 Å². The first-order valence-electron chi connectivity index (χ1n) is 6.55. The van der Waals surface area contributed by atoms with Crippen LogP contribution >= 0.6 is 0 Å². The molecule has 1 aromatic carbocycles. The summed E-state index contributed by atoms with van der Waals surface area (Å²) < 4.78 is 4.66. The second-order valence-corrected chi connectivity index (χ2v) is 5.25. The van der Waals surface area contributed by atoms with Crippen molar-refractivity contribution < 1.29 is 19.4 Å². The van der Waals surface area contributed by atoms with Gasteiger partial charge in [0.1, 0.15) is 0 Å². The number of pyridine rings is 1. The second kappa shape index (κ2) is 5.52. The summed E-state index contributed by atoms with van der Waals surface area (Å²) in [5.41, 5.74) is 0.713. The van der Waals surface area contributed by atoms with Crippen molar-refractivity contribution in [3.05, 3.63) is 41.6 Å². The van der Waals surface area contributed by atoms with Crippen molar-refractivity contribution in [1.29, 1.82) is 0 Å². The van der Waals surface area contributed by atoms with Crippen LogP contribution in [-0.2, 0) is 20.7 Å².